The van der Waals surface area contributed by atoms with Crippen LogP contribution in [0.5, 0.6) is 0 Å². The summed E-state index contributed by atoms with van der Waals surface area (Å²) < 4.78 is 11.1. The fraction of sp³-hybridized carbons (Fsp3) is 1.00. The Morgan fingerprint density at radius 1 is 0.857 bits per heavy atom. The standard InChI is InChI=1S/C18H39NO2/c1-5-7-8-9-10-11-12-13-14-15-16-17(3)21-18(4,19)20-6-2/h17H,5-16,19H2,1-4H3. The third-order valence-corrected chi connectivity index (χ3v) is 3.83. The van der Waals surface area contributed by atoms with E-state index in [0.29, 0.717) is 6.61 Å². The minimum Gasteiger partial charge on any atom is -0.338 e. The van der Waals surface area contributed by atoms with Gasteiger partial charge in [0.25, 0.3) is 0 Å². The van der Waals surface area contributed by atoms with Crippen LogP contribution in [0.3, 0.4) is 0 Å². The van der Waals surface area contributed by atoms with Crippen LogP contribution in [0.2, 0.25) is 0 Å². The van der Waals surface area contributed by atoms with Crippen molar-refractivity contribution in [3.05, 3.63) is 0 Å². The van der Waals surface area contributed by atoms with Gasteiger partial charge >= 0.3 is 0 Å². The third kappa shape index (κ3) is 14.6. The molecule has 0 saturated carbocycles. The number of ether oxygens (including phenoxy) is 2. The Morgan fingerprint density at radius 2 is 1.33 bits per heavy atom. The summed E-state index contributed by atoms with van der Waals surface area (Å²) in [7, 11) is 0. The molecule has 2 atom stereocenters. The van der Waals surface area contributed by atoms with Gasteiger partial charge in [-0.1, -0.05) is 71.1 Å². The van der Waals surface area contributed by atoms with Crippen molar-refractivity contribution in [3.8, 4) is 0 Å². The van der Waals surface area contributed by atoms with E-state index < -0.39 is 5.91 Å². The van der Waals surface area contributed by atoms with E-state index >= 15 is 0 Å². The molecule has 0 radical (unpaired) electrons. The first-order valence-corrected chi connectivity index (χ1v) is 9.12. The number of unbranched alkanes of at least 4 members (excludes halogenated alkanes) is 9. The first-order valence-electron chi connectivity index (χ1n) is 9.12. The van der Waals surface area contributed by atoms with Crippen molar-refractivity contribution in [2.75, 3.05) is 6.61 Å². The average Bonchev–Trinajstić information content (AvgIpc) is 2.40. The van der Waals surface area contributed by atoms with E-state index in [4.69, 9.17) is 15.2 Å². The van der Waals surface area contributed by atoms with Gasteiger partial charge in [0.05, 0.1) is 6.10 Å². The Hall–Kier alpha value is -0.120. The van der Waals surface area contributed by atoms with Gasteiger partial charge in [-0.15, -0.1) is 0 Å². The zero-order chi connectivity index (χ0) is 16.0. The number of rotatable bonds is 15. The first-order chi connectivity index (χ1) is 10.0. The lowest BCUT2D eigenvalue weighted by molar-refractivity contribution is -0.240. The predicted molar refractivity (Wildman–Crippen MR) is 91.2 cm³/mol. The molecule has 0 fully saturated rings. The van der Waals surface area contributed by atoms with Gasteiger partial charge in [-0.25, -0.2) is 0 Å². The predicted octanol–water partition coefficient (Wildman–Crippen LogP) is 5.37. The highest BCUT2D eigenvalue weighted by Gasteiger charge is 2.21. The summed E-state index contributed by atoms with van der Waals surface area (Å²) in [5.41, 5.74) is 5.90. The topological polar surface area (TPSA) is 44.5 Å². The lowest BCUT2D eigenvalue weighted by atomic mass is 10.0. The maximum atomic E-state index is 5.90. The van der Waals surface area contributed by atoms with Crippen LogP contribution in [0.25, 0.3) is 0 Å². The molecule has 0 spiro atoms. The van der Waals surface area contributed by atoms with E-state index in [-0.39, 0.29) is 6.10 Å². The summed E-state index contributed by atoms with van der Waals surface area (Å²) in [6, 6.07) is 0. The molecule has 0 aliphatic carbocycles. The average molecular weight is 302 g/mol. The minimum absolute atomic E-state index is 0.167. The Labute approximate surface area is 133 Å². The van der Waals surface area contributed by atoms with Crippen molar-refractivity contribution in [1.29, 1.82) is 0 Å². The summed E-state index contributed by atoms with van der Waals surface area (Å²) in [6.45, 7) is 8.65. The van der Waals surface area contributed by atoms with Crippen LogP contribution in [-0.4, -0.2) is 18.6 Å². The first kappa shape index (κ1) is 20.9. The molecule has 3 nitrogen and oxygen atoms in total. The molecular weight excluding hydrogens is 262 g/mol. The molecule has 0 aromatic heterocycles. The lowest BCUT2D eigenvalue weighted by Gasteiger charge is -2.28. The normalized spacial score (nSPS) is 15.9. The van der Waals surface area contributed by atoms with Crippen molar-refractivity contribution in [3.63, 3.8) is 0 Å². The van der Waals surface area contributed by atoms with Crippen LogP contribution in [0.1, 0.15) is 98.3 Å². The van der Waals surface area contributed by atoms with Gasteiger partial charge in [-0.2, -0.15) is 0 Å². The second-order valence-electron chi connectivity index (χ2n) is 6.35. The van der Waals surface area contributed by atoms with Gasteiger partial charge in [-0.3, -0.25) is 5.73 Å². The fourth-order valence-corrected chi connectivity index (χ4v) is 2.70. The molecule has 128 valence electrons. The minimum atomic E-state index is -0.938. The summed E-state index contributed by atoms with van der Waals surface area (Å²) in [5.74, 6) is -0.938. The maximum Gasteiger partial charge on any atom is 0.222 e. The highest BCUT2D eigenvalue weighted by atomic mass is 16.7. The van der Waals surface area contributed by atoms with Gasteiger partial charge < -0.3 is 9.47 Å². The van der Waals surface area contributed by atoms with E-state index in [1.54, 1.807) is 6.92 Å². The van der Waals surface area contributed by atoms with Crippen LogP contribution in [0.4, 0.5) is 0 Å². The van der Waals surface area contributed by atoms with E-state index in [1.165, 1.54) is 64.2 Å². The molecular formula is C18H39NO2. The van der Waals surface area contributed by atoms with E-state index in [1.807, 2.05) is 6.92 Å². The highest BCUT2D eigenvalue weighted by Crippen LogP contribution is 2.15. The van der Waals surface area contributed by atoms with Crippen LogP contribution in [0.15, 0.2) is 0 Å². The van der Waals surface area contributed by atoms with E-state index in [0.717, 1.165) is 6.42 Å². The smallest absolute Gasteiger partial charge is 0.222 e. The zero-order valence-corrected chi connectivity index (χ0v) is 15.0. The van der Waals surface area contributed by atoms with E-state index in [2.05, 4.69) is 13.8 Å². The quantitative estimate of drug-likeness (QED) is 0.326. The third-order valence-electron chi connectivity index (χ3n) is 3.83. The van der Waals surface area contributed by atoms with E-state index in [9.17, 15) is 0 Å². The molecule has 2 N–H and O–H groups in total. The number of hydrogen-bond donors (Lipinski definition) is 1. The second-order valence-corrected chi connectivity index (χ2v) is 6.35. The lowest BCUT2D eigenvalue weighted by Crippen LogP contribution is -2.44. The maximum absolute atomic E-state index is 5.90. The van der Waals surface area contributed by atoms with Gasteiger partial charge in [0.1, 0.15) is 0 Å². The molecule has 0 rings (SSSR count). The van der Waals surface area contributed by atoms with Crippen molar-refractivity contribution in [1.82, 2.24) is 0 Å². The summed E-state index contributed by atoms with van der Waals surface area (Å²) in [5, 5.41) is 0. The molecule has 0 bridgehead atoms. The molecule has 0 aromatic carbocycles. The Bertz CT molecular complexity index is 219. The second kappa shape index (κ2) is 13.5. The molecule has 2 unspecified atom stereocenters. The monoisotopic (exact) mass is 301 g/mol. The van der Waals surface area contributed by atoms with Crippen LogP contribution in [0, 0.1) is 0 Å². The number of nitrogens with two attached hydrogens (primary N) is 1. The highest BCUT2D eigenvalue weighted by molar-refractivity contribution is 4.58. The Kier molecular flexibility index (Phi) is 13.5. The zero-order valence-electron chi connectivity index (χ0n) is 15.0. The Balaban J connectivity index is 3.34. The van der Waals surface area contributed by atoms with Crippen LogP contribution in [-0.2, 0) is 9.47 Å². The van der Waals surface area contributed by atoms with Gasteiger partial charge in [0.15, 0.2) is 0 Å². The van der Waals surface area contributed by atoms with Crippen molar-refractivity contribution < 1.29 is 9.47 Å². The van der Waals surface area contributed by atoms with Crippen molar-refractivity contribution in [2.24, 2.45) is 5.73 Å². The fourth-order valence-electron chi connectivity index (χ4n) is 2.70. The van der Waals surface area contributed by atoms with Crippen molar-refractivity contribution >= 4 is 0 Å². The Morgan fingerprint density at radius 3 is 1.81 bits per heavy atom. The molecule has 0 aliphatic heterocycles. The van der Waals surface area contributed by atoms with Crippen LogP contribution >= 0.6 is 0 Å². The molecule has 0 heterocycles. The summed E-state index contributed by atoms with van der Waals surface area (Å²) >= 11 is 0. The van der Waals surface area contributed by atoms with Gasteiger partial charge in [0, 0.05) is 13.5 Å². The van der Waals surface area contributed by atoms with Gasteiger partial charge in [0.2, 0.25) is 5.91 Å². The van der Waals surface area contributed by atoms with Gasteiger partial charge in [-0.05, 0) is 20.3 Å². The van der Waals surface area contributed by atoms with Crippen LogP contribution < -0.4 is 5.73 Å². The molecule has 21 heavy (non-hydrogen) atoms. The SMILES string of the molecule is CCCCCCCCCCCCC(C)OC(C)(N)OCC. The molecule has 0 aromatic rings. The largest absolute Gasteiger partial charge is 0.338 e. The molecule has 3 heteroatoms. The molecule has 0 saturated heterocycles. The number of hydrogen-bond acceptors (Lipinski definition) is 3. The molecule has 0 aliphatic rings. The molecule has 0 amide bonds. The van der Waals surface area contributed by atoms with Crippen molar-refractivity contribution in [2.45, 2.75) is 110 Å². The summed E-state index contributed by atoms with van der Waals surface area (Å²) in [6.07, 6.45) is 14.9. The summed E-state index contributed by atoms with van der Waals surface area (Å²) in [4.78, 5) is 0.